The summed E-state index contributed by atoms with van der Waals surface area (Å²) in [4.78, 5) is 24.7. The third-order valence-electron chi connectivity index (χ3n) is 6.26. The summed E-state index contributed by atoms with van der Waals surface area (Å²) in [6.07, 6.45) is 5.00. The third-order valence-corrected chi connectivity index (χ3v) is 6.69. The van der Waals surface area contributed by atoms with Gasteiger partial charge >= 0.3 is 0 Å². The lowest BCUT2D eigenvalue weighted by Gasteiger charge is -2.25. The number of carbonyl (C=O) groups excluding carboxylic acids is 1. The van der Waals surface area contributed by atoms with Gasteiger partial charge in [-0.2, -0.15) is 5.21 Å². The van der Waals surface area contributed by atoms with Crippen molar-refractivity contribution >= 4 is 27.5 Å². The second kappa shape index (κ2) is 12.5. The van der Waals surface area contributed by atoms with E-state index in [1.54, 1.807) is 12.4 Å². The van der Waals surface area contributed by atoms with Gasteiger partial charge in [0.2, 0.25) is 5.82 Å². The van der Waals surface area contributed by atoms with E-state index in [4.69, 9.17) is 4.98 Å². The van der Waals surface area contributed by atoms with Crippen molar-refractivity contribution in [2.75, 3.05) is 11.4 Å². The molecule has 0 fully saturated rings. The van der Waals surface area contributed by atoms with E-state index in [2.05, 4.69) is 65.5 Å². The maximum absolute atomic E-state index is 13.2. The van der Waals surface area contributed by atoms with E-state index in [0.717, 1.165) is 51.2 Å². The summed E-state index contributed by atoms with van der Waals surface area (Å²) >= 11 is 3.44. The lowest BCUT2D eigenvalue weighted by atomic mass is 9.99. The maximum atomic E-state index is 13.2. The van der Waals surface area contributed by atoms with Crippen molar-refractivity contribution in [1.82, 2.24) is 30.6 Å². The number of nitrogens with one attached hydrogen (secondary N) is 1. The zero-order valence-corrected chi connectivity index (χ0v) is 23.2. The highest BCUT2D eigenvalue weighted by Crippen LogP contribution is 2.31. The molecule has 0 spiro atoms. The summed E-state index contributed by atoms with van der Waals surface area (Å²) in [5.74, 6) is 1.43. The van der Waals surface area contributed by atoms with Crippen LogP contribution in [0.4, 0.5) is 5.82 Å². The molecule has 0 bridgehead atoms. The van der Waals surface area contributed by atoms with Crippen LogP contribution in [0.3, 0.4) is 0 Å². The Balaban J connectivity index is 1.54. The molecule has 1 N–H and O–H groups in total. The number of ketones is 1. The highest BCUT2D eigenvalue weighted by Gasteiger charge is 2.17. The Morgan fingerprint density at radius 1 is 0.897 bits per heavy atom. The van der Waals surface area contributed by atoms with Gasteiger partial charge in [0.25, 0.3) is 0 Å². The fourth-order valence-electron chi connectivity index (χ4n) is 4.57. The molecular weight excluding hydrogens is 554 g/mol. The number of rotatable bonds is 11. The van der Waals surface area contributed by atoms with Gasteiger partial charge in [0, 0.05) is 53.9 Å². The molecule has 0 aliphatic carbocycles. The molecule has 8 nitrogen and oxygen atoms in total. The standard InChI is InChI=1S/C30H28BrN7O/c1-2-12-38(20-21-8-4-3-5-9-21)29-17-22(14-25(39)15-23-13-24(31)19-32-18-23)16-28(33-29)26-10-6-7-11-27(26)30-34-36-37-35-30/h3-11,13,16-19H,2,12,14-15,20H2,1H3,(H,34,35,36,37). The first kappa shape index (κ1) is 26.4. The van der Waals surface area contributed by atoms with Crippen molar-refractivity contribution in [3.05, 3.63) is 106 Å². The summed E-state index contributed by atoms with van der Waals surface area (Å²) in [6, 6.07) is 24.2. The summed E-state index contributed by atoms with van der Waals surface area (Å²) in [5.41, 5.74) is 5.43. The molecule has 0 saturated carbocycles. The number of halogens is 1. The zero-order valence-electron chi connectivity index (χ0n) is 21.6. The van der Waals surface area contributed by atoms with Gasteiger partial charge < -0.3 is 4.90 Å². The van der Waals surface area contributed by atoms with Crippen molar-refractivity contribution in [2.45, 2.75) is 32.7 Å². The highest BCUT2D eigenvalue weighted by atomic mass is 79.9. The molecule has 5 aromatic rings. The SMILES string of the molecule is CCCN(Cc1ccccc1)c1cc(CC(=O)Cc2cncc(Br)c2)cc(-c2ccccc2-c2nn[nH]n2)n1. The molecule has 0 amide bonds. The molecule has 0 atom stereocenters. The second-order valence-electron chi connectivity index (χ2n) is 9.31. The molecule has 3 heterocycles. The zero-order chi connectivity index (χ0) is 27.0. The van der Waals surface area contributed by atoms with E-state index in [0.29, 0.717) is 18.8 Å². The van der Waals surface area contributed by atoms with Crippen molar-refractivity contribution < 1.29 is 4.79 Å². The first-order valence-electron chi connectivity index (χ1n) is 12.8. The van der Waals surface area contributed by atoms with Crippen LogP contribution in [0.15, 0.2) is 89.7 Å². The lowest BCUT2D eigenvalue weighted by molar-refractivity contribution is -0.117. The number of aromatic nitrogens is 6. The van der Waals surface area contributed by atoms with Gasteiger partial charge in [-0.3, -0.25) is 9.78 Å². The van der Waals surface area contributed by atoms with Crippen LogP contribution in [0, 0.1) is 0 Å². The molecule has 0 saturated heterocycles. The second-order valence-corrected chi connectivity index (χ2v) is 10.2. The molecule has 0 aliphatic rings. The first-order valence-corrected chi connectivity index (χ1v) is 13.6. The van der Waals surface area contributed by atoms with E-state index in [9.17, 15) is 4.79 Å². The number of hydrogen-bond acceptors (Lipinski definition) is 7. The fourth-order valence-corrected chi connectivity index (χ4v) is 4.98. The monoisotopic (exact) mass is 581 g/mol. The fraction of sp³-hybridized carbons (Fsp3) is 0.200. The quantitative estimate of drug-likeness (QED) is 0.208. The number of carbonyl (C=O) groups is 1. The van der Waals surface area contributed by atoms with Crippen LogP contribution in [0.5, 0.6) is 0 Å². The van der Waals surface area contributed by atoms with Gasteiger partial charge in [0.05, 0.1) is 5.69 Å². The van der Waals surface area contributed by atoms with Gasteiger partial charge in [0.1, 0.15) is 11.6 Å². The Labute approximate surface area is 235 Å². The average Bonchev–Trinajstić information content (AvgIpc) is 3.48. The number of hydrogen-bond donors (Lipinski definition) is 1. The molecule has 0 unspecified atom stereocenters. The first-order chi connectivity index (χ1) is 19.1. The molecule has 3 aromatic heterocycles. The van der Waals surface area contributed by atoms with E-state index < -0.39 is 0 Å². The minimum Gasteiger partial charge on any atom is -0.352 e. The number of aromatic amines is 1. The third kappa shape index (κ3) is 6.80. The van der Waals surface area contributed by atoms with Crippen LogP contribution in [-0.4, -0.2) is 42.9 Å². The van der Waals surface area contributed by atoms with Crippen molar-refractivity contribution in [3.8, 4) is 22.6 Å². The maximum Gasteiger partial charge on any atom is 0.205 e. The van der Waals surface area contributed by atoms with E-state index in [1.807, 2.05) is 60.7 Å². The van der Waals surface area contributed by atoms with Crippen LogP contribution >= 0.6 is 15.9 Å². The molecule has 5 rings (SSSR count). The number of H-pyrrole nitrogens is 1. The summed E-state index contributed by atoms with van der Waals surface area (Å²) in [7, 11) is 0. The van der Waals surface area contributed by atoms with Gasteiger partial charge in [0.15, 0.2) is 0 Å². The Hall–Kier alpha value is -4.24. The number of pyridine rings is 2. The van der Waals surface area contributed by atoms with Crippen LogP contribution < -0.4 is 4.90 Å². The van der Waals surface area contributed by atoms with Crippen LogP contribution in [0.2, 0.25) is 0 Å². The average molecular weight is 583 g/mol. The van der Waals surface area contributed by atoms with Gasteiger partial charge in [-0.1, -0.05) is 61.5 Å². The van der Waals surface area contributed by atoms with Gasteiger partial charge in [-0.15, -0.1) is 10.2 Å². The van der Waals surface area contributed by atoms with E-state index >= 15 is 0 Å². The number of Topliss-reactive ketones (excluding diaryl/α,β-unsaturated/α-hetero) is 1. The van der Waals surface area contributed by atoms with Crippen molar-refractivity contribution in [2.24, 2.45) is 0 Å². The Bertz CT molecular complexity index is 1540. The number of anilines is 1. The van der Waals surface area contributed by atoms with Crippen molar-refractivity contribution in [3.63, 3.8) is 0 Å². The highest BCUT2D eigenvalue weighted by molar-refractivity contribution is 9.10. The topological polar surface area (TPSA) is 101 Å². The van der Waals surface area contributed by atoms with Gasteiger partial charge in [-0.05, 0) is 62.5 Å². The number of benzene rings is 2. The Morgan fingerprint density at radius 2 is 1.67 bits per heavy atom. The van der Waals surface area contributed by atoms with Gasteiger partial charge in [-0.25, -0.2) is 4.98 Å². The number of tetrazole rings is 1. The van der Waals surface area contributed by atoms with Crippen LogP contribution in [0.1, 0.15) is 30.0 Å². The molecule has 39 heavy (non-hydrogen) atoms. The predicted octanol–water partition coefficient (Wildman–Crippen LogP) is 5.86. The minimum atomic E-state index is 0.106. The summed E-state index contributed by atoms with van der Waals surface area (Å²) in [6.45, 7) is 3.70. The largest absolute Gasteiger partial charge is 0.352 e. The Morgan fingerprint density at radius 3 is 2.41 bits per heavy atom. The smallest absolute Gasteiger partial charge is 0.205 e. The molecule has 9 heteroatoms. The van der Waals surface area contributed by atoms with E-state index in [1.165, 1.54) is 5.56 Å². The molecule has 0 aliphatic heterocycles. The summed E-state index contributed by atoms with van der Waals surface area (Å²) in [5, 5.41) is 14.7. The minimum absolute atomic E-state index is 0.106. The number of nitrogens with zero attached hydrogens (tertiary/aromatic N) is 6. The molecular formula is C30H28BrN7O. The Kier molecular flexibility index (Phi) is 8.48. The van der Waals surface area contributed by atoms with Crippen molar-refractivity contribution in [1.29, 1.82) is 0 Å². The lowest BCUT2D eigenvalue weighted by Crippen LogP contribution is -2.25. The predicted molar refractivity (Wildman–Crippen MR) is 155 cm³/mol. The summed E-state index contributed by atoms with van der Waals surface area (Å²) < 4.78 is 0.857. The molecule has 2 aromatic carbocycles. The normalized spacial score (nSPS) is 10.9. The molecule has 0 radical (unpaired) electrons. The van der Waals surface area contributed by atoms with E-state index in [-0.39, 0.29) is 12.2 Å². The molecule has 196 valence electrons. The van der Waals surface area contributed by atoms with Crippen LogP contribution in [0.25, 0.3) is 22.6 Å². The van der Waals surface area contributed by atoms with Crippen LogP contribution in [-0.2, 0) is 24.2 Å².